The summed E-state index contributed by atoms with van der Waals surface area (Å²) in [5, 5.41) is 0. The first-order chi connectivity index (χ1) is 10.2. The molecule has 0 radical (unpaired) electrons. The van der Waals surface area contributed by atoms with Crippen LogP contribution < -0.4 is 0 Å². The van der Waals surface area contributed by atoms with Crippen molar-refractivity contribution in [3.8, 4) is 0 Å². The van der Waals surface area contributed by atoms with E-state index >= 15 is 0 Å². The van der Waals surface area contributed by atoms with Crippen LogP contribution in [0.4, 0.5) is 0 Å². The molecule has 23 heavy (non-hydrogen) atoms. The van der Waals surface area contributed by atoms with Gasteiger partial charge in [0.05, 0.1) is 0 Å². The fourth-order valence-corrected chi connectivity index (χ4v) is 1.43. The summed E-state index contributed by atoms with van der Waals surface area (Å²) in [7, 11) is 0. The molecule has 0 saturated heterocycles. The van der Waals surface area contributed by atoms with Crippen molar-refractivity contribution in [3.63, 3.8) is 0 Å². The van der Waals surface area contributed by atoms with Crippen LogP contribution in [0.2, 0.25) is 0 Å². The Morgan fingerprint density at radius 3 is 0.652 bits per heavy atom. The van der Waals surface area contributed by atoms with E-state index in [9.17, 15) is 0 Å². The molecule has 0 fully saturated rings. The molecule has 1 unspecified atom stereocenters. The van der Waals surface area contributed by atoms with E-state index in [1.807, 2.05) is 91.0 Å². The van der Waals surface area contributed by atoms with Crippen molar-refractivity contribution in [3.05, 3.63) is 128 Å². The van der Waals surface area contributed by atoms with Crippen LogP contribution >= 0.6 is 9.90 Å². The van der Waals surface area contributed by atoms with Crippen LogP contribution in [0.3, 0.4) is 0 Å². The van der Waals surface area contributed by atoms with Crippen molar-refractivity contribution in [2.75, 3.05) is 0 Å². The van der Waals surface area contributed by atoms with Gasteiger partial charge in [-0.15, -0.1) is 36.4 Å². The topological polar surface area (TPSA) is 0 Å². The van der Waals surface area contributed by atoms with Crippen molar-refractivity contribution in [1.29, 1.82) is 0 Å². The molecule has 0 spiro atoms. The maximum absolute atomic E-state index is 3.72. The molecule has 0 amide bonds. The Bertz CT molecular complexity index is 491. The Kier molecular flexibility index (Phi) is 15.6. The summed E-state index contributed by atoms with van der Waals surface area (Å²) in [6, 6.07) is 29.6. The summed E-state index contributed by atoms with van der Waals surface area (Å²) in [6.45, 7) is 11.2. The van der Waals surface area contributed by atoms with Gasteiger partial charge in [0.1, 0.15) is 0 Å². The summed E-state index contributed by atoms with van der Waals surface area (Å²) in [5.41, 5.74) is 3.22. The van der Waals surface area contributed by atoms with Crippen LogP contribution in [0, 0.1) is 20.8 Å². The van der Waals surface area contributed by atoms with Gasteiger partial charge in [0.15, 0.2) is 0 Å². The van der Waals surface area contributed by atoms with Crippen molar-refractivity contribution in [2.24, 2.45) is 0 Å². The summed E-state index contributed by atoms with van der Waals surface area (Å²) in [5.74, 6) is 0. The molecule has 1 atom stereocenters. The Morgan fingerprint density at radius 2 is 0.565 bits per heavy atom. The van der Waals surface area contributed by atoms with Crippen LogP contribution in [0.25, 0.3) is 0 Å². The third kappa shape index (κ3) is 13.7. The van der Waals surface area contributed by atoms with E-state index in [0.29, 0.717) is 0 Å². The third-order valence-corrected chi connectivity index (χ3v) is 2.53. The molecular weight excluding hydrogens is 386 g/mol. The molecule has 0 aliphatic heterocycles. The molecule has 0 nitrogen and oxygen atoms in total. The van der Waals surface area contributed by atoms with Gasteiger partial charge in [-0.2, -0.15) is 83.8 Å². The summed E-state index contributed by atoms with van der Waals surface area (Å²) < 4.78 is 0. The normalized spacial score (nSPS) is 7.83. The monoisotopic (exact) mass is 410 g/mol. The van der Waals surface area contributed by atoms with E-state index in [0.717, 1.165) is 16.7 Å². The second-order valence-corrected chi connectivity index (χ2v) is 4.46. The van der Waals surface area contributed by atoms with Gasteiger partial charge in [-0.1, -0.05) is 18.2 Å². The fraction of sp³-hybridized carbons (Fsp3) is 0. The summed E-state index contributed by atoms with van der Waals surface area (Å²) in [4.78, 5) is 0. The molecule has 2 heteroatoms. The third-order valence-electron chi connectivity index (χ3n) is 2.53. The number of hydrogen-bond donors (Lipinski definition) is 0. The van der Waals surface area contributed by atoms with E-state index in [2.05, 4.69) is 20.8 Å². The van der Waals surface area contributed by atoms with E-state index in [1.165, 1.54) is 0 Å². The van der Waals surface area contributed by atoms with Crippen LogP contribution in [-0.4, -0.2) is 0 Å². The van der Waals surface area contributed by atoms with E-state index in [-0.39, 0.29) is 29.4 Å². The number of hydrogen-bond acceptors (Lipinski definition) is 0. The summed E-state index contributed by atoms with van der Waals surface area (Å²) in [6.07, 6.45) is 0. The van der Waals surface area contributed by atoms with Gasteiger partial charge in [0.2, 0.25) is 0 Å². The minimum Gasteiger partial charge on any atom is -0.199 e. The predicted octanol–water partition coefficient (Wildman–Crippen LogP) is 5.66. The Morgan fingerprint density at radius 1 is 0.391 bits per heavy atom. The molecule has 3 aromatic carbocycles. The first kappa shape index (κ1) is 23.6. The maximum Gasteiger partial charge on any atom is 3.00 e. The van der Waals surface area contributed by atoms with E-state index in [4.69, 9.17) is 0 Å². The molecule has 0 aliphatic rings. The predicted molar refractivity (Wildman–Crippen MR) is 104 cm³/mol. The number of benzene rings is 3. The van der Waals surface area contributed by atoms with Crippen molar-refractivity contribution in [2.45, 2.75) is 0 Å². The second kappa shape index (κ2) is 15.2. The van der Waals surface area contributed by atoms with Crippen molar-refractivity contribution >= 4 is 9.90 Å². The molecule has 0 aliphatic carbocycles. The van der Waals surface area contributed by atoms with Crippen LogP contribution in [0.5, 0.6) is 0 Å². The standard InChI is InChI=1S/3C7H7.H3P.Rh/c3*1-7-5-3-2-4-6-7;;/h3*2-6H,1H2;1H3;/q3*-1;;+3. The minimum absolute atomic E-state index is 0. The largest absolute Gasteiger partial charge is 3.00 e. The zero-order chi connectivity index (χ0) is 15.3. The zero-order valence-electron chi connectivity index (χ0n) is 13.3. The first-order valence-corrected chi connectivity index (χ1v) is 6.79. The second-order valence-electron chi connectivity index (χ2n) is 4.46. The minimum atomic E-state index is 0. The SMILES string of the molecule is P.[CH2-]c1ccccc1.[CH2-]c1ccccc1.[CH2-]c1ccccc1.[Rh+3]. The van der Waals surface area contributed by atoms with E-state index < -0.39 is 0 Å². The molecule has 122 valence electrons. The van der Waals surface area contributed by atoms with Crippen LogP contribution in [0.1, 0.15) is 16.7 Å². The molecule has 3 aromatic rings. The molecule has 0 saturated carbocycles. The van der Waals surface area contributed by atoms with E-state index in [1.54, 1.807) is 0 Å². The summed E-state index contributed by atoms with van der Waals surface area (Å²) >= 11 is 0. The molecule has 3 rings (SSSR count). The van der Waals surface area contributed by atoms with Gasteiger partial charge >= 0.3 is 19.5 Å². The average Bonchev–Trinajstić information content (AvgIpc) is 2.51. The Balaban J connectivity index is 0. The van der Waals surface area contributed by atoms with Crippen LogP contribution in [0.15, 0.2) is 91.0 Å². The van der Waals surface area contributed by atoms with Crippen molar-refractivity contribution < 1.29 is 19.5 Å². The van der Waals surface area contributed by atoms with Gasteiger partial charge < -0.3 is 0 Å². The van der Waals surface area contributed by atoms with Gasteiger partial charge in [-0.3, -0.25) is 0 Å². The van der Waals surface area contributed by atoms with Gasteiger partial charge in [-0.25, -0.2) is 0 Å². The van der Waals surface area contributed by atoms with Gasteiger partial charge in [-0.05, 0) is 0 Å². The van der Waals surface area contributed by atoms with Crippen LogP contribution in [-0.2, 0) is 19.5 Å². The fourth-order valence-electron chi connectivity index (χ4n) is 1.43. The molecule has 0 N–H and O–H groups in total. The quantitative estimate of drug-likeness (QED) is 0.255. The average molecular weight is 410 g/mol. The molecule has 0 heterocycles. The van der Waals surface area contributed by atoms with Crippen molar-refractivity contribution in [1.82, 2.24) is 0 Å². The van der Waals surface area contributed by atoms with Gasteiger partial charge in [0, 0.05) is 0 Å². The first-order valence-electron chi connectivity index (χ1n) is 6.79. The molecular formula is C21H24PRh. The van der Waals surface area contributed by atoms with Gasteiger partial charge in [0.25, 0.3) is 0 Å². The molecule has 0 aromatic heterocycles. The smallest absolute Gasteiger partial charge is 0.199 e. The zero-order valence-corrected chi connectivity index (χ0v) is 16.4. The Hall–Kier alpha value is -1.68. The maximum atomic E-state index is 3.72. The molecule has 0 bridgehead atoms. The number of rotatable bonds is 0. The Labute approximate surface area is 157 Å².